The van der Waals surface area contributed by atoms with E-state index >= 15 is 0 Å². The Balaban J connectivity index is 1.49. The standard InChI is InChI=1S/C39H55N11O11/c1-20(2)12-27(46-36(57)30(18-52)49-37(58)29(17-51)48-33(54)24(40)14-22-16-42-19-44-22)35(56)45-26(9-10-32(41)53)34(55)47-28(38(59)50-11-5-8-31(50)39(60)61)13-21-15-43-25-7-4-3-6-23(21)25/h3-4,6-7,15-16,19-20,24,26-31,43,51-52H,5,8-14,17-18,40H2,1-2H3,(H2,41,53)(H,42,44)(H,45,56)(H,46,57)(H,47,55)(H,48,54)(H,49,58)(H,60,61)/t24-,26-,27-,28-,29-,30-,31-/m0/s1. The minimum Gasteiger partial charge on any atom is -0.480 e. The van der Waals surface area contributed by atoms with Gasteiger partial charge in [0.05, 0.1) is 25.6 Å². The van der Waals surface area contributed by atoms with Gasteiger partial charge >= 0.3 is 5.97 Å². The molecule has 61 heavy (non-hydrogen) atoms. The van der Waals surface area contributed by atoms with Gasteiger partial charge in [0.2, 0.25) is 41.4 Å². The molecule has 0 spiro atoms. The smallest absolute Gasteiger partial charge is 0.326 e. The van der Waals surface area contributed by atoms with Crippen LogP contribution in [0.15, 0.2) is 43.0 Å². The molecule has 0 radical (unpaired) electrons. The summed E-state index contributed by atoms with van der Waals surface area (Å²) in [5, 5.41) is 42.7. The summed E-state index contributed by atoms with van der Waals surface area (Å²) in [6.07, 6.45) is 4.44. The number of imidazole rings is 1. The number of hydrogen-bond donors (Lipinski definition) is 12. The van der Waals surface area contributed by atoms with E-state index < -0.39 is 103 Å². The third-order valence-corrected chi connectivity index (χ3v) is 10.1. The van der Waals surface area contributed by atoms with Gasteiger partial charge in [-0.05, 0) is 43.2 Å². The van der Waals surface area contributed by atoms with Crippen molar-refractivity contribution in [3.05, 3.63) is 54.2 Å². The SMILES string of the molecule is CC(C)C[C@H](NC(=O)[C@H](CO)NC(=O)[C@H](CO)NC(=O)[C@@H](N)Cc1cnc[nH]1)C(=O)N[C@@H](CCC(N)=O)C(=O)N[C@@H](Cc1c[nH]c2ccccc12)C(=O)N1CCC[C@H]1C(=O)O. The summed E-state index contributed by atoms with van der Waals surface area (Å²) in [5.74, 6) is -7.57. The second kappa shape index (κ2) is 22.3. The molecular weight excluding hydrogens is 798 g/mol. The summed E-state index contributed by atoms with van der Waals surface area (Å²) < 4.78 is 0. The Bertz CT molecular complexity index is 2020. The number of carbonyl (C=O) groups excluding carboxylic acids is 7. The first-order valence-corrected chi connectivity index (χ1v) is 19.9. The third kappa shape index (κ3) is 13.3. The maximum atomic E-state index is 14.1. The van der Waals surface area contributed by atoms with Crippen LogP contribution in [0, 0.1) is 5.92 Å². The molecule has 1 saturated heterocycles. The number of amides is 7. The number of nitrogens with zero attached hydrogens (tertiary/aromatic N) is 2. The number of carboxylic acid groups (broad SMARTS) is 1. The highest BCUT2D eigenvalue weighted by Gasteiger charge is 2.39. The van der Waals surface area contributed by atoms with Crippen LogP contribution in [0.3, 0.4) is 0 Å². The van der Waals surface area contributed by atoms with E-state index in [-0.39, 0.29) is 51.0 Å². The molecule has 332 valence electrons. The Morgan fingerprint density at radius 3 is 2.02 bits per heavy atom. The average Bonchev–Trinajstić information content (AvgIpc) is 4.01. The number of benzene rings is 1. The van der Waals surface area contributed by atoms with Crippen LogP contribution in [0.4, 0.5) is 0 Å². The lowest BCUT2D eigenvalue weighted by Gasteiger charge is -2.29. The van der Waals surface area contributed by atoms with E-state index in [0.717, 1.165) is 10.9 Å². The Morgan fingerprint density at radius 2 is 1.41 bits per heavy atom. The van der Waals surface area contributed by atoms with Gasteiger partial charge in [-0.3, -0.25) is 33.6 Å². The van der Waals surface area contributed by atoms with Crippen molar-refractivity contribution in [2.75, 3.05) is 19.8 Å². The number of aliphatic hydroxyl groups is 2. The second-order valence-corrected chi connectivity index (χ2v) is 15.3. The Kier molecular flexibility index (Phi) is 17.3. The summed E-state index contributed by atoms with van der Waals surface area (Å²) in [6, 6.07) is -2.42. The van der Waals surface area contributed by atoms with Crippen molar-refractivity contribution in [1.29, 1.82) is 0 Å². The monoisotopic (exact) mass is 853 g/mol. The summed E-state index contributed by atoms with van der Waals surface area (Å²) in [4.78, 5) is 116. The number of rotatable bonds is 23. The number of aliphatic carboxylic acids is 1. The van der Waals surface area contributed by atoms with Crippen LogP contribution < -0.4 is 38.1 Å². The average molecular weight is 854 g/mol. The topological polar surface area (TPSA) is 357 Å². The molecule has 1 aromatic carbocycles. The van der Waals surface area contributed by atoms with Crippen LogP contribution in [0.5, 0.6) is 0 Å². The van der Waals surface area contributed by atoms with E-state index in [9.17, 15) is 53.7 Å². The van der Waals surface area contributed by atoms with Crippen LogP contribution in [-0.2, 0) is 51.2 Å². The lowest BCUT2D eigenvalue weighted by Crippen LogP contribution is -2.61. The first-order chi connectivity index (χ1) is 29.0. The maximum absolute atomic E-state index is 14.1. The van der Waals surface area contributed by atoms with Crippen LogP contribution in [-0.4, -0.2) is 145 Å². The molecule has 0 bridgehead atoms. The number of para-hydroxylation sites is 1. The highest BCUT2D eigenvalue weighted by Crippen LogP contribution is 2.23. The molecule has 22 nitrogen and oxygen atoms in total. The number of nitrogens with two attached hydrogens (primary N) is 2. The lowest BCUT2D eigenvalue weighted by atomic mass is 10.0. The molecule has 22 heteroatoms. The largest absolute Gasteiger partial charge is 0.480 e. The number of carboxylic acids is 1. The van der Waals surface area contributed by atoms with Crippen molar-refractivity contribution in [3.63, 3.8) is 0 Å². The first kappa shape index (κ1) is 47.3. The number of primary amides is 1. The molecule has 0 unspecified atom stereocenters. The van der Waals surface area contributed by atoms with Crippen molar-refractivity contribution in [1.82, 2.24) is 46.4 Å². The van der Waals surface area contributed by atoms with Crippen molar-refractivity contribution in [2.24, 2.45) is 17.4 Å². The van der Waals surface area contributed by atoms with Gasteiger partial charge in [-0.1, -0.05) is 32.0 Å². The zero-order valence-corrected chi connectivity index (χ0v) is 33.9. The van der Waals surface area contributed by atoms with E-state index in [0.29, 0.717) is 17.7 Å². The Labute approximate surface area is 350 Å². The van der Waals surface area contributed by atoms with E-state index in [1.54, 1.807) is 26.1 Å². The number of nitrogens with one attached hydrogen (secondary N) is 7. The van der Waals surface area contributed by atoms with Gasteiger partial charge in [0, 0.05) is 54.8 Å². The van der Waals surface area contributed by atoms with Gasteiger partial charge in [-0.25, -0.2) is 9.78 Å². The number of aromatic amines is 2. The first-order valence-electron chi connectivity index (χ1n) is 19.9. The summed E-state index contributed by atoms with van der Waals surface area (Å²) >= 11 is 0. The zero-order chi connectivity index (χ0) is 44.8. The predicted molar refractivity (Wildman–Crippen MR) is 216 cm³/mol. The van der Waals surface area contributed by atoms with Gasteiger partial charge in [0.25, 0.3) is 0 Å². The van der Waals surface area contributed by atoms with Gasteiger partial charge in [0.1, 0.15) is 36.3 Å². The summed E-state index contributed by atoms with van der Waals surface area (Å²) in [5.41, 5.74) is 13.3. The van der Waals surface area contributed by atoms with Gasteiger partial charge in [-0.15, -0.1) is 0 Å². The van der Waals surface area contributed by atoms with Gasteiger partial charge in [-0.2, -0.15) is 0 Å². The molecule has 7 amide bonds. The highest BCUT2D eigenvalue weighted by atomic mass is 16.4. The number of fused-ring (bicyclic) bond motifs is 1. The number of H-pyrrole nitrogens is 2. The number of carbonyl (C=O) groups is 8. The second-order valence-electron chi connectivity index (χ2n) is 15.3. The molecule has 1 aliphatic rings. The molecule has 0 aliphatic carbocycles. The summed E-state index contributed by atoms with van der Waals surface area (Å²) in [6.45, 7) is 1.76. The summed E-state index contributed by atoms with van der Waals surface area (Å²) in [7, 11) is 0. The number of hydrogen-bond acceptors (Lipinski definition) is 12. The quantitative estimate of drug-likeness (QED) is 0.0448. The number of likely N-dealkylation sites (tertiary alicyclic amines) is 1. The predicted octanol–water partition coefficient (Wildman–Crippen LogP) is -3.20. The minimum atomic E-state index is -1.68. The molecule has 2 aromatic heterocycles. The highest BCUT2D eigenvalue weighted by molar-refractivity contribution is 5.97. The number of aliphatic hydroxyl groups excluding tert-OH is 2. The molecule has 1 aliphatic heterocycles. The molecule has 3 aromatic rings. The van der Waals surface area contributed by atoms with E-state index in [4.69, 9.17) is 11.5 Å². The fourth-order valence-electron chi connectivity index (χ4n) is 6.95. The molecule has 3 heterocycles. The maximum Gasteiger partial charge on any atom is 0.326 e. The van der Waals surface area contributed by atoms with Crippen LogP contribution >= 0.6 is 0 Å². The van der Waals surface area contributed by atoms with Crippen molar-refractivity contribution in [3.8, 4) is 0 Å². The van der Waals surface area contributed by atoms with Crippen LogP contribution in [0.25, 0.3) is 10.9 Å². The van der Waals surface area contributed by atoms with Crippen molar-refractivity contribution < 1.29 is 53.7 Å². The zero-order valence-electron chi connectivity index (χ0n) is 33.9. The fraction of sp³-hybridized carbons (Fsp3) is 0.513. The molecule has 0 saturated carbocycles. The van der Waals surface area contributed by atoms with E-state index in [2.05, 4.69) is 41.5 Å². The fourth-order valence-corrected chi connectivity index (χ4v) is 6.95. The van der Waals surface area contributed by atoms with Crippen molar-refractivity contribution in [2.45, 2.75) is 101 Å². The molecular formula is C39H55N11O11. The van der Waals surface area contributed by atoms with E-state index in [1.165, 1.54) is 17.4 Å². The van der Waals surface area contributed by atoms with Crippen LogP contribution in [0.2, 0.25) is 0 Å². The van der Waals surface area contributed by atoms with Crippen LogP contribution in [0.1, 0.15) is 57.2 Å². The molecule has 4 rings (SSSR count). The van der Waals surface area contributed by atoms with Gasteiger partial charge < -0.3 is 68.2 Å². The molecule has 1 fully saturated rings. The van der Waals surface area contributed by atoms with Gasteiger partial charge in [0.15, 0.2) is 0 Å². The Morgan fingerprint density at radius 1 is 0.820 bits per heavy atom. The number of aromatic nitrogens is 3. The van der Waals surface area contributed by atoms with E-state index in [1.807, 2.05) is 18.2 Å². The van der Waals surface area contributed by atoms with Crippen molar-refractivity contribution >= 4 is 58.2 Å². The normalized spacial score (nSPS) is 16.8. The third-order valence-electron chi connectivity index (χ3n) is 10.1. The Hall–Kier alpha value is -6.39. The molecule has 14 N–H and O–H groups in total. The lowest BCUT2D eigenvalue weighted by molar-refractivity contribution is -0.149. The molecule has 7 atom stereocenters. The minimum absolute atomic E-state index is 0.00934.